The molecule has 0 saturated carbocycles. The van der Waals surface area contributed by atoms with E-state index in [0.717, 1.165) is 36.6 Å². The first-order valence-electron chi connectivity index (χ1n) is 6.38. The molecule has 2 rings (SSSR count). The summed E-state index contributed by atoms with van der Waals surface area (Å²) in [5.74, 6) is 1.82. The topological polar surface area (TPSA) is 34.4 Å². The van der Waals surface area contributed by atoms with Gasteiger partial charge in [-0.25, -0.2) is 0 Å². The van der Waals surface area contributed by atoms with Gasteiger partial charge in [0.2, 0.25) is 0 Å². The smallest absolute Gasteiger partial charge is 0.142 e. The van der Waals surface area contributed by atoms with Crippen molar-refractivity contribution in [1.82, 2.24) is 0 Å². The maximum absolute atomic E-state index is 5.75. The van der Waals surface area contributed by atoms with Crippen molar-refractivity contribution in [3.8, 4) is 5.75 Å². The molecule has 96 valence electrons. The van der Waals surface area contributed by atoms with E-state index in [-0.39, 0.29) is 0 Å². The van der Waals surface area contributed by atoms with Gasteiger partial charge in [0.05, 0.1) is 25.1 Å². The number of furan rings is 1. The van der Waals surface area contributed by atoms with Crippen LogP contribution in [-0.2, 0) is 6.54 Å². The second kappa shape index (κ2) is 6.74. The molecule has 1 heterocycles. The molecule has 0 aliphatic heterocycles. The Bertz CT molecular complexity index is 451. The highest BCUT2D eigenvalue weighted by atomic mass is 16.5. The summed E-state index contributed by atoms with van der Waals surface area (Å²) in [6, 6.07) is 11.8. The lowest BCUT2D eigenvalue weighted by molar-refractivity contribution is 0.310. The molecule has 1 N–H and O–H groups in total. The number of rotatable bonds is 7. The molecular weight excluding hydrogens is 226 g/mol. The maximum atomic E-state index is 5.75. The fourth-order valence-corrected chi connectivity index (χ4v) is 1.66. The largest absolute Gasteiger partial charge is 0.491 e. The lowest BCUT2D eigenvalue weighted by Gasteiger charge is -2.12. The highest BCUT2D eigenvalue weighted by Gasteiger charge is 2.03. The molecule has 0 unspecified atom stereocenters. The van der Waals surface area contributed by atoms with E-state index in [1.54, 1.807) is 6.26 Å². The van der Waals surface area contributed by atoms with Crippen LogP contribution in [0.4, 0.5) is 5.69 Å². The normalized spacial score (nSPS) is 10.3. The summed E-state index contributed by atoms with van der Waals surface area (Å²) >= 11 is 0. The molecule has 0 radical (unpaired) electrons. The zero-order valence-corrected chi connectivity index (χ0v) is 10.7. The average Bonchev–Trinajstić information content (AvgIpc) is 2.91. The molecule has 0 fully saturated rings. The average molecular weight is 245 g/mol. The zero-order chi connectivity index (χ0) is 12.6. The summed E-state index contributed by atoms with van der Waals surface area (Å²) in [5, 5.41) is 3.32. The van der Waals surface area contributed by atoms with Crippen LogP contribution in [0.2, 0.25) is 0 Å². The van der Waals surface area contributed by atoms with Gasteiger partial charge in [-0.2, -0.15) is 0 Å². The van der Waals surface area contributed by atoms with Crippen molar-refractivity contribution in [1.29, 1.82) is 0 Å². The van der Waals surface area contributed by atoms with E-state index in [1.807, 2.05) is 36.4 Å². The van der Waals surface area contributed by atoms with Crippen molar-refractivity contribution in [3.63, 3.8) is 0 Å². The Morgan fingerprint density at radius 3 is 2.83 bits per heavy atom. The standard InChI is InChI=1S/C15H19NO2/c1-2-3-10-18-15-9-5-4-8-14(15)16-12-13-7-6-11-17-13/h4-9,11,16H,2-3,10,12H2,1H3. The van der Waals surface area contributed by atoms with Gasteiger partial charge in [-0.1, -0.05) is 25.5 Å². The zero-order valence-electron chi connectivity index (χ0n) is 10.7. The highest BCUT2D eigenvalue weighted by molar-refractivity contribution is 5.56. The van der Waals surface area contributed by atoms with Gasteiger partial charge in [0, 0.05) is 0 Å². The van der Waals surface area contributed by atoms with Crippen LogP contribution < -0.4 is 10.1 Å². The Morgan fingerprint density at radius 1 is 1.17 bits per heavy atom. The van der Waals surface area contributed by atoms with Gasteiger partial charge in [0.1, 0.15) is 11.5 Å². The Labute approximate surface area is 108 Å². The summed E-state index contributed by atoms with van der Waals surface area (Å²) in [6.45, 7) is 3.58. The molecule has 0 aliphatic carbocycles. The van der Waals surface area contributed by atoms with Crippen molar-refractivity contribution in [2.75, 3.05) is 11.9 Å². The summed E-state index contributed by atoms with van der Waals surface area (Å²) in [4.78, 5) is 0. The number of anilines is 1. The van der Waals surface area contributed by atoms with Crippen molar-refractivity contribution in [2.24, 2.45) is 0 Å². The predicted octanol–water partition coefficient (Wildman–Crippen LogP) is 4.07. The first-order valence-corrected chi connectivity index (χ1v) is 6.38. The van der Waals surface area contributed by atoms with Gasteiger partial charge in [0.15, 0.2) is 0 Å². The van der Waals surface area contributed by atoms with Crippen LogP contribution in [0.1, 0.15) is 25.5 Å². The van der Waals surface area contributed by atoms with E-state index >= 15 is 0 Å². The maximum Gasteiger partial charge on any atom is 0.142 e. The highest BCUT2D eigenvalue weighted by Crippen LogP contribution is 2.24. The molecular formula is C15H19NO2. The van der Waals surface area contributed by atoms with E-state index < -0.39 is 0 Å². The van der Waals surface area contributed by atoms with Gasteiger partial charge in [-0.15, -0.1) is 0 Å². The SMILES string of the molecule is CCCCOc1ccccc1NCc1ccco1. The number of ether oxygens (including phenoxy) is 1. The number of para-hydroxylation sites is 2. The van der Waals surface area contributed by atoms with Crippen LogP contribution in [0.3, 0.4) is 0 Å². The molecule has 0 saturated heterocycles. The van der Waals surface area contributed by atoms with E-state index in [0.29, 0.717) is 6.54 Å². The van der Waals surface area contributed by atoms with Crippen molar-refractivity contribution in [3.05, 3.63) is 48.4 Å². The molecule has 0 spiro atoms. The molecule has 1 aromatic carbocycles. The fourth-order valence-electron chi connectivity index (χ4n) is 1.66. The second-order valence-corrected chi connectivity index (χ2v) is 4.13. The second-order valence-electron chi connectivity index (χ2n) is 4.13. The van der Waals surface area contributed by atoms with E-state index in [2.05, 4.69) is 12.2 Å². The number of hydrogen-bond acceptors (Lipinski definition) is 3. The predicted molar refractivity (Wildman–Crippen MR) is 72.9 cm³/mol. The third-order valence-corrected chi connectivity index (χ3v) is 2.68. The van der Waals surface area contributed by atoms with Crippen molar-refractivity contribution in [2.45, 2.75) is 26.3 Å². The molecule has 2 aromatic rings. The lowest BCUT2D eigenvalue weighted by atomic mass is 10.3. The van der Waals surface area contributed by atoms with Crippen LogP contribution >= 0.6 is 0 Å². The van der Waals surface area contributed by atoms with E-state index in [4.69, 9.17) is 9.15 Å². The van der Waals surface area contributed by atoms with Crippen LogP contribution in [0.5, 0.6) is 5.75 Å². The molecule has 0 aliphatic rings. The minimum atomic E-state index is 0.668. The minimum Gasteiger partial charge on any atom is -0.491 e. The van der Waals surface area contributed by atoms with Gasteiger partial charge >= 0.3 is 0 Å². The van der Waals surface area contributed by atoms with Gasteiger partial charge in [-0.3, -0.25) is 0 Å². The Morgan fingerprint density at radius 2 is 2.06 bits per heavy atom. The van der Waals surface area contributed by atoms with Gasteiger partial charge in [-0.05, 0) is 30.7 Å². The molecule has 0 bridgehead atoms. The Hall–Kier alpha value is -1.90. The third-order valence-electron chi connectivity index (χ3n) is 2.68. The minimum absolute atomic E-state index is 0.668. The lowest BCUT2D eigenvalue weighted by Crippen LogP contribution is -2.03. The first kappa shape index (κ1) is 12.6. The summed E-state index contributed by atoms with van der Waals surface area (Å²) in [5.41, 5.74) is 1.00. The van der Waals surface area contributed by atoms with Crippen LogP contribution in [0.25, 0.3) is 0 Å². The first-order chi connectivity index (χ1) is 8.90. The van der Waals surface area contributed by atoms with E-state index in [9.17, 15) is 0 Å². The summed E-state index contributed by atoms with van der Waals surface area (Å²) < 4.78 is 11.0. The van der Waals surface area contributed by atoms with Gasteiger partial charge < -0.3 is 14.5 Å². The summed E-state index contributed by atoms with van der Waals surface area (Å²) in [6.07, 6.45) is 3.90. The number of hydrogen-bond donors (Lipinski definition) is 1. The fraction of sp³-hybridized carbons (Fsp3) is 0.333. The molecule has 0 atom stereocenters. The number of unbranched alkanes of at least 4 members (excludes halogenated alkanes) is 1. The van der Waals surface area contributed by atoms with Crippen LogP contribution in [-0.4, -0.2) is 6.61 Å². The van der Waals surface area contributed by atoms with Crippen LogP contribution in [0.15, 0.2) is 47.1 Å². The third kappa shape index (κ3) is 3.55. The molecule has 0 amide bonds. The van der Waals surface area contributed by atoms with Gasteiger partial charge in [0.25, 0.3) is 0 Å². The number of benzene rings is 1. The molecule has 18 heavy (non-hydrogen) atoms. The molecule has 3 heteroatoms. The monoisotopic (exact) mass is 245 g/mol. The summed E-state index contributed by atoms with van der Waals surface area (Å²) in [7, 11) is 0. The molecule has 3 nitrogen and oxygen atoms in total. The Kier molecular flexibility index (Phi) is 4.70. The molecule has 1 aromatic heterocycles. The van der Waals surface area contributed by atoms with E-state index in [1.165, 1.54) is 0 Å². The quantitative estimate of drug-likeness (QED) is 0.747. The van der Waals surface area contributed by atoms with Crippen molar-refractivity contribution >= 4 is 5.69 Å². The number of nitrogens with one attached hydrogen (secondary N) is 1. The Balaban J connectivity index is 1.94. The van der Waals surface area contributed by atoms with Crippen molar-refractivity contribution < 1.29 is 9.15 Å². The van der Waals surface area contributed by atoms with Crippen LogP contribution in [0, 0.1) is 0 Å².